The number of carbonyl (C=O) groups is 2. The third-order valence-electron chi connectivity index (χ3n) is 3.47. The highest BCUT2D eigenvalue weighted by Crippen LogP contribution is 2.19. The molecule has 0 aromatic carbocycles. The van der Waals surface area contributed by atoms with Gasteiger partial charge in [0.15, 0.2) is 0 Å². The molecule has 1 heterocycles. The Labute approximate surface area is 102 Å². The highest BCUT2D eigenvalue weighted by atomic mass is 16.2. The van der Waals surface area contributed by atoms with Crippen molar-refractivity contribution in [2.24, 2.45) is 0 Å². The molecule has 0 spiro atoms. The Kier molecular flexibility index (Phi) is 3.66. The molecule has 1 unspecified atom stereocenters. The van der Waals surface area contributed by atoms with E-state index in [0.29, 0.717) is 6.04 Å². The third-order valence-corrected chi connectivity index (χ3v) is 3.47. The minimum absolute atomic E-state index is 0.0665. The maximum Gasteiger partial charge on any atom is 0.240 e. The van der Waals surface area contributed by atoms with Crippen LogP contribution in [0.25, 0.3) is 0 Å². The van der Waals surface area contributed by atoms with Crippen LogP contribution in [0.3, 0.4) is 0 Å². The number of piperidine rings is 1. The second-order valence-electron chi connectivity index (χ2n) is 5.24. The summed E-state index contributed by atoms with van der Waals surface area (Å²) in [5, 5.41) is 8.79. The molecule has 2 aliphatic rings. The molecule has 5 nitrogen and oxygen atoms in total. The van der Waals surface area contributed by atoms with E-state index in [2.05, 4.69) is 16.0 Å². The number of hydrogen-bond acceptors (Lipinski definition) is 3. The fourth-order valence-electron chi connectivity index (χ4n) is 2.11. The average molecular weight is 239 g/mol. The van der Waals surface area contributed by atoms with Crippen molar-refractivity contribution in [3.63, 3.8) is 0 Å². The smallest absolute Gasteiger partial charge is 0.240 e. The van der Waals surface area contributed by atoms with Crippen molar-refractivity contribution in [3.05, 3.63) is 0 Å². The number of carbonyl (C=O) groups excluding carboxylic acids is 2. The Balaban J connectivity index is 1.73. The van der Waals surface area contributed by atoms with Crippen LogP contribution >= 0.6 is 0 Å². The van der Waals surface area contributed by atoms with E-state index < -0.39 is 5.54 Å². The van der Waals surface area contributed by atoms with Crippen LogP contribution in [0, 0.1) is 0 Å². The normalized spacial score (nSPS) is 28.5. The van der Waals surface area contributed by atoms with Gasteiger partial charge in [-0.15, -0.1) is 0 Å². The first-order valence-electron chi connectivity index (χ1n) is 6.43. The number of amides is 2. The molecule has 3 N–H and O–H groups in total. The second kappa shape index (κ2) is 5.04. The minimum atomic E-state index is -0.502. The summed E-state index contributed by atoms with van der Waals surface area (Å²) in [6, 6.07) is 0.350. The van der Waals surface area contributed by atoms with Crippen LogP contribution in [-0.2, 0) is 9.59 Å². The quantitative estimate of drug-likeness (QED) is 0.642. The molecule has 1 aliphatic heterocycles. The van der Waals surface area contributed by atoms with E-state index in [1.807, 2.05) is 6.92 Å². The van der Waals surface area contributed by atoms with Crippen LogP contribution in [0.5, 0.6) is 0 Å². The lowest BCUT2D eigenvalue weighted by Crippen LogP contribution is -2.58. The average Bonchev–Trinajstić information content (AvgIpc) is 3.11. The minimum Gasteiger partial charge on any atom is -0.352 e. The monoisotopic (exact) mass is 239 g/mol. The van der Waals surface area contributed by atoms with Gasteiger partial charge in [0.1, 0.15) is 0 Å². The summed E-state index contributed by atoms with van der Waals surface area (Å²) >= 11 is 0. The predicted octanol–water partition coefficient (Wildman–Crippen LogP) is -0.0866. The van der Waals surface area contributed by atoms with Crippen molar-refractivity contribution < 1.29 is 9.59 Å². The molecule has 2 rings (SSSR count). The Hall–Kier alpha value is -1.10. The van der Waals surface area contributed by atoms with Crippen LogP contribution in [0.4, 0.5) is 0 Å². The molecule has 5 heteroatoms. The molecule has 96 valence electrons. The van der Waals surface area contributed by atoms with Crippen LogP contribution < -0.4 is 16.0 Å². The molecule has 0 aromatic heterocycles. The molecule has 1 atom stereocenters. The van der Waals surface area contributed by atoms with Gasteiger partial charge in [-0.05, 0) is 45.6 Å². The summed E-state index contributed by atoms with van der Waals surface area (Å²) < 4.78 is 0. The maximum absolute atomic E-state index is 12.0. The summed E-state index contributed by atoms with van der Waals surface area (Å²) in [5.41, 5.74) is -0.502. The molecule has 0 aromatic rings. The van der Waals surface area contributed by atoms with E-state index in [0.717, 1.165) is 38.6 Å². The Morgan fingerprint density at radius 3 is 2.71 bits per heavy atom. The largest absolute Gasteiger partial charge is 0.352 e. The van der Waals surface area contributed by atoms with E-state index in [4.69, 9.17) is 0 Å². The summed E-state index contributed by atoms with van der Waals surface area (Å²) in [6.45, 7) is 2.87. The first kappa shape index (κ1) is 12.4. The zero-order valence-corrected chi connectivity index (χ0v) is 10.3. The number of nitrogens with one attached hydrogen (secondary N) is 3. The van der Waals surface area contributed by atoms with Gasteiger partial charge in [0.05, 0.1) is 12.1 Å². The van der Waals surface area contributed by atoms with Gasteiger partial charge in [-0.2, -0.15) is 0 Å². The van der Waals surface area contributed by atoms with Gasteiger partial charge in [-0.25, -0.2) is 0 Å². The Bertz CT molecular complexity index is 307. The molecule has 1 aliphatic carbocycles. The highest BCUT2D eigenvalue weighted by Gasteiger charge is 2.34. The Morgan fingerprint density at radius 1 is 1.35 bits per heavy atom. The van der Waals surface area contributed by atoms with Gasteiger partial charge in [0, 0.05) is 6.04 Å². The van der Waals surface area contributed by atoms with Crippen molar-refractivity contribution in [2.75, 3.05) is 13.1 Å². The molecule has 0 radical (unpaired) electrons. The van der Waals surface area contributed by atoms with Crippen molar-refractivity contribution in [1.29, 1.82) is 0 Å². The maximum atomic E-state index is 12.0. The first-order chi connectivity index (χ1) is 8.10. The fraction of sp³-hybridized carbons (Fsp3) is 0.833. The zero-order chi connectivity index (χ0) is 12.3. The van der Waals surface area contributed by atoms with Gasteiger partial charge in [0.2, 0.25) is 11.8 Å². The van der Waals surface area contributed by atoms with Crippen LogP contribution in [0.1, 0.15) is 39.0 Å². The molecule has 2 fully saturated rings. The fourth-order valence-corrected chi connectivity index (χ4v) is 2.11. The van der Waals surface area contributed by atoms with Crippen LogP contribution in [0.15, 0.2) is 0 Å². The molecule has 0 bridgehead atoms. The van der Waals surface area contributed by atoms with E-state index >= 15 is 0 Å². The van der Waals surface area contributed by atoms with Gasteiger partial charge in [-0.1, -0.05) is 0 Å². The molecule has 2 amide bonds. The van der Waals surface area contributed by atoms with E-state index in [-0.39, 0.29) is 18.4 Å². The molecular weight excluding hydrogens is 218 g/mol. The first-order valence-corrected chi connectivity index (χ1v) is 6.43. The number of hydrogen-bond donors (Lipinski definition) is 3. The lowest BCUT2D eigenvalue weighted by molar-refractivity contribution is -0.130. The van der Waals surface area contributed by atoms with Gasteiger partial charge in [-0.3, -0.25) is 9.59 Å². The van der Waals surface area contributed by atoms with Crippen LogP contribution in [0.2, 0.25) is 0 Å². The molecule has 17 heavy (non-hydrogen) atoms. The van der Waals surface area contributed by atoms with Crippen molar-refractivity contribution in [2.45, 2.75) is 50.6 Å². The summed E-state index contributed by atoms with van der Waals surface area (Å²) in [6.07, 6.45) is 5.15. The second-order valence-corrected chi connectivity index (χ2v) is 5.24. The van der Waals surface area contributed by atoms with Crippen LogP contribution in [-0.4, -0.2) is 36.5 Å². The topological polar surface area (TPSA) is 70.2 Å². The van der Waals surface area contributed by atoms with Gasteiger partial charge in [0.25, 0.3) is 0 Å². The van der Waals surface area contributed by atoms with E-state index in [1.54, 1.807) is 0 Å². The Morgan fingerprint density at radius 2 is 2.12 bits per heavy atom. The predicted molar refractivity (Wildman–Crippen MR) is 64.4 cm³/mol. The third kappa shape index (κ3) is 3.43. The SMILES string of the molecule is CC1(C(=O)NCC(=O)NC2CC2)CCCCN1. The van der Waals surface area contributed by atoms with E-state index in [1.165, 1.54) is 0 Å². The van der Waals surface area contributed by atoms with Crippen molar-refractivity contribution in [1.82, 2.24) is 16.0 Å². The number of rotatable bonds is 4. The van der Waals surface area contributed by atoms with Crippen molar-refractivity contribution >= 4 is 11.8 Å². The summed E-state index contributed by atoms with van der Waals surface area (Å²) in [7, 11) is 0. The molecular formula is C12H21N3O2. The lowest BCUT2D eigenvalue weighted by atomic mass is 9.90. The highest BCUT2D eigenvalue weighted by molar-refractivity contribution is 5.90. The lowest BCUT2D eigenvalue weighted by Gasteiger charge is -2.33. The van der Waals surface area contributed by atoms with Gasteiger partial charge >= 0.3 is 0 Å². The summed E-state index contributed by atoms with van der Waals surface area (Å²) in [4.78, 5) is 23.4. The standard InChI is InChI=1S/C12H21N3O2/c1-12(6-2-3-7-14-12)11(17)13-8-10(16)15-9-4-5-9/h9,14H,2-8H2,1H3,(H,13,17)(H,15,16). The summed E-state index contributed by atoms with van der Waals surface area (Å²) in [5.74, 6) is -0.150. The van der Waals surface area contributed by atoms with Crippen molar-refractivity contribution in [3.8, 4) is 0 Å². The zero-order valence-electron chi connectivity index (χ0n) is 10.3. The van der Waals surface area contributed by atoms with E-state index in [9.17, 15) is 9.59 Å². The molecule has 1 saturated carbocycles. The van der Waals surface area contributed by atoms with Gasteiger partial charge < -0.3 is 16.0 Å². The molecule has 1 saturated heterocycles.